The Bertz CT molecular complexity index is 1230. The van der Waals surface area contributed by atoms with Crippen molar-refractivity contribution in [3.63, 3.8) is 0 Å². The van der Waals surface area contributed by atoms with E-state index in [-0.39, 0.29) is 6.01 Å². The molecule has 2 aromatic heterocycles. The van der Waals surface area contributed by atoms with Crippen LogP contribution in [-0.4, -0.2) is 25.6 Å². The van der Waals surface area contributed by atoms with E-state index < -0.39 is 0 Å². The second-order valence-corrected chi connectivity index (χ2v) is 9.10. The first kappa shape index (κ1) is 22.1. The van der Waals surface area contributed by atoms with Gasteiger partial charge in [-0.25, -0.2) is 14.7 Å². The highest BCUT2D eigenvalue weighted by molar-refractivity contribution is 8.77. The molecule has 0 aliphatic rings. The molecule has 0 saturated heterocycles. The SMILES string of the molecule is Cc1ccc(N=C(/C=C/SSc2ccccc2)Oc2nccc(-n3cc(Cl)cn3)n2)cc1. The summed E-state index contributed by atoms with van der Waals surface area (Å²) in [6, 6.07) is 19.9. The Morgan fingerprint density at radius 2 is 1.91 bits per heavy atom. The van der Waals surface area contributed by atoms with E-state index >= 15 is 0 Å². The fraction of sp³-hybridized carbons (Fsp3) is 0.0435. The standard InChI is InChI=1S/C23H18ClN5OS2/c1-17-7-9-19(10-8-17)27-22(12-14-31-32-20-5-3-2-4-6-20)30-23-25-13-11-21(28-23)29-16-18(24)15-26-29/h2-16H,1H3/b14-12+,27-22?. The lowest BCUT2D eigenvalue weighted by atomic mass is 10.2. The van der Waals surface area contributed by atoms with E-state index in [1.54, 1.807) is 57.0 Å². The Morgan fingerprint density at radius 1 is 1.09 bits per heavy atom. The first-order valence-corrected chi connectivity index (χ1v) is 12.2. The van der Waals surface area contributed by atoms with Gasteiger partial charge >= 0.3 is 6.01 Å². The third kappa shape index (κ3) is 6.46. The largest absolute Gasteiger partial charge is 0.405 e. The van der Waals surface area contributed by atoms with Crippen molar-refractivity contribution in [1.29, 1.82) is 0 Å². The second-order valence-electron chi connectivity index (χ2n) is 6.48. The van der Waals surface area contributed by atoms with E-state index in [2.05, 4.69) is 32.2 Å². The molecule has 0 saturated carbocycles. The number of halogens is 1. The van der Waals surface area contributed by atoms with Gasteiger partial charge in [0.2, 0.25) is 5.90 Å². The van der Waals surface area contributed by atoms with Gasteiger partial charge in [-0.2, -0.15) is 10.1 Å². The minimum atomic E-state index is 0.158. The predicted molar refractivity (Wildman–Crippen MR) is 132 cm³/mol. The molecule has 4 aromatic rings. The van der Waals surface area contributed by atoms with E-state index in [1.807, 2.05) is 54.8 Å². The van der Waals surface area contributed by atoms with E-state index in [4.69, 9.17) is 16.3 Å². The molecule has 9 heteroatoms. The molecule has 160 valence electrons. The highest BCUT2D eigenvalue weighted by Gasteiger charge is 2.07. The van der Waals surface area contributed by atoms with E-state index in [1.165, 1.54) is 0 Å². The first-order chi connectivity index (χ1) is 15.7. The van der Waals surface area contributed by atoms with Crippen molar-refractivity contribution in [2.75, 3.05) is 0 Å². The number of benzene rings is 2. The van der Waals surface area contributed by atoms with E-state index in [0.717, 1.165) is 16.1 Å². The molecule has 0 fully saturated rings. The molecule has 0 unspecified atom stereocenters. The zero-order valence-electron chi connectivity index (χ0n) is 17.0. The maximum atomic E-state index is 5.96. The number of hydrogen-bond donors (Lipinski definition) is 0. The Labute approximate surface area is 198 Å². The van der Waals surface area contributed by atoms with Crippen LogP contribution in [0.15, 0.2) is 101 Å². The topological polar surface area (TPSA) is 65.2 Å². The minimum Gasteiger partial charge on any atom is -0.405 e. The van der Waals surface area contributed by atoms with Crippen molar-refractivity contribution < 1.29 is 4.74 Å². The van der Waals surface area contributed by atoms with Crippen LogP contribution in [0.2, 0.25) is 5.02 Å². The van der Waals surface area contributed by atoms with Gasteiger partial charge in [-0.15, -0.1) is 0 Å². The first-order valence-electron chi connectivity index (χ1n) is 9.57. The average molecular weight is 480 g/mol. The summed E-state index contributed by atoms with van der Waals surface area (Å²) in [6.07, 6.45) is 6.59. The summed E-state index contributed by atoms with van der Waals surface area (Å²) >= 11 is 5.96. The van der Waals surface area contributed by atoms with Crippen molar-refractivity contribution in [2.45, 2.75) is 11.8 Å². The molecule has 0 aliphatic heterocycles. The Kier molecular flexibility index (Phi) is 7.60. The summed E-state index contributed by atoms with van der Waals surface area (Å²) in [5.74, 6) is 0.903. The lowest BCUT2D eigenvalue weighted by molar-refractivity contribution is 0.504. The van der Waals surface area contributed by atoms with Crippen LogP contribution in [0.25, 0.3) is 5.82 Å². The van der Waals surface area contributed by atoms with Gasteiger partial charge in [0.1, 0.15) is 0 Å². The molecule has 4 rings (SSSR count). The molecule has 2 aromatic carbocycles. The number of ether oxygens (including phenoxy) is 1. The van der Waals surface area contributed by atoms with Crippen molar-refractivity contribution >= 4 is 44.8 Å². The van der Waals surface area contributed by atoms with Crippen LogP contribution in [0.1, 0.15) is 5.56 Å². The highest BCUT2D eigenvalue weighted by Crippen LogP contribution is 2.31. The number of rotatable bonds is 7. The summed E-state index contributed by atoms with van der Waals surface area (Å²) in [7, 11) is 3.21. The number of aromatic nitrogens is 4. The van der Waals surface area contributed by atoms with Gasteiger partial charge in [0.05, 0.1) is 23.1 Å². The molecule has 0 spiro atoms. The zero-order chi connectivity index (χ0) is 22.2. The molecular weight excluding hydrogens is 462 g/mol. The van der Waals surface area contributed by atoms with Gasteiger partial charge in [0.15, 0.2) is 5.82 Å². The molecule has 0 amide bonds. The molecule has 2 heterocycles. The number of hydrogen-bond acceptors (Lipinski definition) is 7. The Morgan fingerprint density at radius 3 is 2.66 bits per heavy atom. The van der Waals surface area contributed by atoms with Gasteiger partial charge in [0, 0.05) is 23.2 Å². The van der Waals surface area contributed by atoms with Gasteiger partial charge in [-0.1, -0.05) is 69.1 Å². The zero-order valence-corrected chi connectivity index (χ0v) is 19.4. The Hall–Kier alpha value is -3.07. The summed E-state index contributed by atoms with van der Waals surface area (Å²) < 4.78 is 7.47. The van der Waals surface area contributed by atoms with Crippen LogP contribution in [0.5, 0.6) is 6.01 Å². The quantitative estimate of drug-likeness (QED) is 0.167. The van der Waals surface area contributed by atoms with Crippen LogP contribution in [0.4, 0.5) is 5.69 Å². The van der Waals surface area contributed by atoms with Crippen molar-refractivity contribution in [2.24, 2.45) is 4.99 Å². The number of aryl methyl sites for hydroxylation is 1. The third-order valence-electron chi connectivity index (χ3n) is 4.03. The van der Waals surface area contributed by atoms with Gasteiger partial charge in [-0.3, -0.25) is 0 Å². The normalized spacial score (nSPS) is 11.8. The number of aliphatic imine (C=N–C) groups is 1. The summed E-state index contributed by atoms with van der Waals surface area (Å²) in [5.41, 5.74) is 1.93. The van der Waals surface area contributed by atoms with Gasteiger partial charge in [-0.05, 0) is 36.6 Å². The van der Waals surface area contributed by atoms with Crippen LogP contribution in [-0.2, 0) is 0 Å². The van der Waals surface area contributed by atoms with Crippen molar-refractivity contribution in [1.82, 2.24) is 19.7 Å². The fourth-order valence-electron chi connectivity index (χ4n) is 2.51. The Balaban J connectivity index is 1.53. The smallest absolute Gasteiger partial charge is 0.325 e. The highest BCUT2D eigenvalue weighted by atomic mass is 35.5. The van der Waals surface area contributed by atoms with E-state index in [9.17, 15) is 0 Å². The maximum Gasteiger partial charge on any atom is 0.325 e. The van der Waals surface area contributed by atoms with Gasteiger partial charge in [0.25, 0.3) is 0 Å². The molecule has 6 nitrogen and oxygen atoms in total. The van der Waals surface area contributed by atoms with Crippen molar-refractivity contribution in [3.05, 3.63) is 101 Å². The summed E-state index contributed by atoms with van der Waals surface area (Å²) in [6.45, 7) is 2.03. The predicted octanol–water partition coefficient (Wildman–Crippen LogP) is 6.69. The molecule has 0 bridgehead atoms. The molecule has 0 radical (unpaired) electrons. The van der Waals surface area contributed by atoms with Crippen LogP contribution in [0.3, 0.4) is 0 Å². The monoisotopic (exact) mass is 479 g/mol. The summed E-state index contributed by atoms with van der Waals surface area (Å²) in [5, 5.41) is 6.60. The van der Waals surface area contributed by atoms with Crippen molar-refractivity contribution in [3.8, 4) is 11.8 Å². The van der Waals surface area contributed by atoms with E-state index in [0.29, 0.717) is 16.7 Å². The van der Waals surface area contributed by atoms with Gasteiger partial charge < -0.3 is 4.74 Å². The molecule has 0 N–H and O–H groups in total. The minimum absolute atomic E-state index is 0.158. The fourth-order valence-corrected chi connectivity index (χ4v) is 4.26. The van der Waals surface area contributed by atoms with Crippen LogP contribution >= 0.6 is 33.2 Å². The average Bonchev–Trinajstić information content (AvgIpc) is 3.25. The third-order valence-corrected chi connectivity index (χ3v) is 6.23. The van der Waals surface area contributed by atoms with Crippen LogP contribution < -0.4 is 4.74 Å². The molecule has 0 atom stereocenters. The summed E-state index contributed by atoms with van der Waals surface area (Å²) in [4.78, 5) is 14.4. The second kappa shape index (κ2) is 11.0. The maximum absolute atomic E-state index is 5.96. The number of nitrogens with zero attached hydrogens (tertiary/aromatic N) is 5. The van der Waals surface area contributed by atoms with Crippen LogP contribution in [0, 0.1) is 6.92 Å². The molecular formula is C23H18ClN5OS2. The lowest BCUT2D eigenvalue weighted by Crippen LogP contribution is -2.09. The lowest BCUT2D eigenvalue weighted by Gasteiger charge is -2.06. The molecule has 32 heavy (non-hydrogen) atoms. The molecule has 0 aliphatic carbocycles.